The molecular formula is C26H21ClN2O5S. The molecule has 0 atom stereocenters. The summed E-state index contributed by atoms with van der Waals surface area (Å²) in [6.45, 7) is 0. The van der Waals surface area contributed by atoms with Crippen LogP contribution >= 0.6 is 22.9 Å². The van der Waals surface area contributed by atoms with Crippen molar-refractivity contribution in [2.45, 2.75) is 37.8 Å². The van der Waals surface area contributed by atoms with Crippen LogP contribution in [0, 0.1) is 0 Å². The number of rotatable bonds is 3. The van der Waals surface area contributed by atoms with Gasteiger partial charge in [0.05, 0.1) is 26.5 Å². The maximum absolute atomic E-state index is 12.9. The Labute approximate surface area is 209 Å². The molecule has 0 bridgehead atoms. The fourth-order valence-electron chi connectivity index (χ4n) is 5.07. The van der Waals surface area contributed by atoms with Gasteiger partial charge >= 0.3 is 5.97 Å². The number of thiophene rings is 1. The number of aromatic hydroxyl groups is 1. The van der Waals surface area contributed by atoms with Crippen molar-refractivity contribution in [3.63, 3.8) is 0 Å². The third-order valence-electron chi connectivity index (χ3n) is 6.71. The van der Waals surface area contributed by atoms with Crippen molar-refractivity contribution in [1.29, 1.82) is 0 Å². The molecule has 2 aromatic carbocycles. The molecule has 3 N–H and O–H groups in total. The monoisotopic (exact) mass is 508 g/mol. The second-order valence-corrected chi connectivity index (χ2v) is 10.5. The Kier molecular flexibility index (Phi) is 5.05. The van der Waals surface area contributed by atoms with Crippen molar-refractivity contribution >= 4 is 45.0 Å². The Hall–Kier alpha value is -3.49. The topological polar surface area (TPSA) is 101 Å². The zero-order valence-electron chi connectivity index (χ0n) is 18.5. The van der Waals surface area contributed by atoms with Gasteiger partial charge in [0, 0.05) is 30.2 Å². The molecule has 1 spiro atoms. The molecule has 2 aliphatic rings. The smallest absolute Gasteiger partial charge is 0.345 e. The van der Waals surface area contributed by atoms with Gasteiger partial charge in [-0.1, -0.05) is 18.0 Å². The summed E-state index contributed by atoms with van der Waals surface area (Å²) in [5.74, 6) is -0.584. The predicted molar refractivity (Wildman–Crippen MR) is 134 cm³/mol. The number of aromatic nitrogens is 1. The number of amides is 1. The minimum absolute atomic E-state index is 0.0535. The number of nitrogens with one attached hydrogen (secondary N) is 1. The van der Waals surface area contributed by atoms with E-state index in [2.05, 4.69) is 5.32 Å². The number of hydrogen-bond donors (Lipinski definition) is 3. The summed E-state index contributed by atoms with van der Waals surface area (Å²) in [4.78, 5) is 24.8. The van der Waals surface area contributed by atoms with Gasteiger partial charge < -0.3 is 24.8 Å². The Balaban J connectivity index is 1.54. The molecule has 6 rings (SSSR count). The molecule has 1 amide bonds. The lowest BCUT2D eigenvalue weighted by atomic mass is 9.90. The van der Waals surface area contributed by atoms with Crippen LogP contribution in [0.5, 0.6) is 11.5 Å². The Morgan fingerprint density at radius 2 is 1.83 bits per heavy atom. The Bertz CT molecular complexity index is 1520. The number of carboxylic acid groups (broad SMARTS) is 1. The molecule has 4 aromatic rings. The lowest BCUT2D eigenvalue weighted by molar-refractivity contribution is -0.00862. The van der Waals surface area contributed by atoms with E-state index < -0.39 is 11.7 Å². The lowest BCUT2D eigenvalue weighted by Gasteiger charge is -2.41. The molecule has 35 heavy (non-hydrogen) atoms. The highest BCUT2D eigenvalue weighted by molar-refractivity contribution is 7.20. The van der Waals surface area contributed by atoms with E-state index in [-0.39, 0.29) is 16.5 Å². The van der Waals surface area contributed by atoms with Crippen molar-refractivity contribution in [3.05, 3.63) is 64.0 Å². The van der Waals surface area contributed by atoms with E-state index in [1.165, 1.54) is 17.4 Å². The highest BCUT2D eigenvalue weighted by atomic mass is 35.5. The number of hydrogen-bond acceptors (Lipinski definition) is 5. The van der Waals surface area contributed by atoms with Gasteiger partial charge in [0.2, 0.25) is 0 Å². The first-order valence-electron chi connectivity index (χ1n) is 11.4. The zero-order chi connectivity index (χ0) is 24.3. The number of aromatic carboxylic acids is 1. The fourth-order valence-corrected chi connectivity index (χ4v) is 6.26. The first-order valence-corrected chi connectivity index (χ1v) is 12.6. The van der Waals surface area contributed by atoms with Crippen LogP contribution in [-0.2, 0) is 0 Å². The van der Waals surface area contributed by atoms with E-state index in [9.17, 15) is 19.8 Å². The average molecular weight is 509 g/mol. The minimum atomic E-state index is -0.994. The number of carbonyl (C=O) groups excluding carboxylic acids is 1. The minimum Gasteiger partial charge on any atom is -0.508 e. The first kappa shape index (κ1) is 22.0. The molecule has 7 nitrogen and oxygen atoms in total. The molecule has 9 heteroatoms. The van der Waals surface area contributed by atoms with Crippen molar-refractivity contribution in [1.82, 2.24) is 9.88 Å². The molecular weight excluding hydrogens is 488 g/mol. The van der Waals surface area contributed by atoms with Crippen LogP contribution in [0.4, 0.5) is 0 Å². The fraction of sp³-hybridized carbons (Fsp3) is 0.231. The van der Waals surface area contributed by atoms with Gasteiger partial charge in [-0.3, -0.25) is 4.79 Å². The number of carboxylic acids is 1. The van der Waals surface area contributed by atoms with Crippen LogP contribution in [0.3, 0.4) is 0 Å². The number of ether oxygens (including phenoxy) is 1. The SMILES string of the molecule is O=C(O)c1cc2c(cc(-c3ccc(O)cc3Cl)n2-c2ccc3c(c2)OC2(CCCCC2)NC3=O)s1. The number of carbonyl (C=O) groups is 2. The van der Waals surface area contributed by atoms with Crippen LogP contribution in [0.1, 0.15) is 52.1 Å². The average Bonchev–Trinajstić information content (AvgIpc) is 3.37. The van der Waals surface area contributed by atoms with Gasteiger partial charge in [-0.05, 0) is 55.3 Å². The summed E-state index contributed by atoms with van der Waals surface area (Å²) in [7, 11) is 0. The predicted octanol–water partition coefficient (Wildman–Crippen LogP) is 6.20. The molecule has 178 valence electrons. The quantitative estimate of drug-likeness (QED) is 0.306. The highest BCUT2D eigenvalue weighted by Gasteiger charge is 2.40. The molecule has 0 unspecified atom stereocenters. The van der Waals surface area contributed by atoms with E-state index in [0.717, 1.165) is 42.5 Å². The second kappa shape index (κ2) is 8.03. The maximum atomic E-state index is 12.9. The molecule has 0 radical (unpaired) electrons. The zero-order valence-corrected chi connectivity index (χ0v) is 20.1. The standard InChI is InChI=1S/C26H21ClN2O5S/c27-18-11-15(30)5-7-16(18)19-12-22-20(13-23(35-22)25(32)33)29(19)14-4-6-17-21(10-14)34-26(28-24(17)31)8-2-1-3-9-26/h4-7,10-13,30H,1-3,8-9H2,(H,28,31)(H,32,33). The van der Waals surface area contributed by atoms with Crippen molar-refractivity contribution in [2.75, 3.05) is 0 Å². The summed E-state index contributed by atoms with van der Waals surface area (Å²) in [5.41, 5.74) is 2.63. The van der Waals surface area contributed by atoms with E-state index in [4.69, 9.17) is 16.3 Å². The summed E-state index contributed by atoms with van der Waals surface area (Å²) >= 11 is 7.67. The van der Waals surface area contributed by atoms with Crippen LogP contribution < -0.4 is 10.1 Å². The molecule has 1 fully saturated rings. The van der Waals surface area contributed by atoms with E-state index in [0.29, 0.717) is 33.1 Å². The maximum Gasteiger partial charge on any atom is 0.345 e. The normalized spacial score (nSPS) is 16.7. The van der Waals surface area contributed by atoms with Crippen molar-refractivity contribution in [3.8, 4) is 28.4 Å². The molecule has 3 heterocycles. The number of phenolic OH excluding ortho intramolecular Hbond substituents is 1. The Morgan fingerprint density at radius 1 is 1.06 bits per heavy atom. The largest absolute Gasteiger partial charge is 0.508 e. The summed E-state index contributed by atoms with van der Waals surface area (Å²) in [5, 5.41) is 22.8. The van der Waals surface area contributed by atoms with Gasteiger partial charge in [0.15, 0.2) is 5.72 Å². The number of halogens is 1. The summed E-state index contributed by atoms with van der Waals surface area (Å²) in [6, 6.07) is 13.7. The van der Waals surface area contributed by atoms with Crippen LogP contribution in [0.15, 0.2) is 48.5 Å². The van der Waals surface area contributed by atoms with Gasteiger partial charge in [-0.25, -0.2) is 4.79 Å². The lowest BCUT2D eigenvalue weighted by Crippen LogP contribution is -2.56. The summed E-state index contributed by atoms with van der Waals surface area (Å²) < 4.78 is 9.11. The molecule has 2 aromatic heterocycles. The second-order valence-electron chi connectivity index (χ2n) is 8.99. The van der Waals surface area contributed by atoms with E-state index >= 15 is 0 Å². The number of fused-ring (bicyclic) bond motifs is 2. The van der Waals surface area contributed by atoms with Crippen molar-refractivity contribution < 1.29 is 24.5 Å². The van der Waals surface area contributed by atoms with E-state index in [1.54, 1.807) is 24.3 Å². The number of nitrogens with zero attached hydrogens (tertiary/aromatic N) is 1. The van der Waals surface area contributed by atoms with Crippen LogP contribution in [-0.4, -0.2) is 32.4 Å². The van der Waals surface area contributed by atoms with Gasteiger partial charge in [0.1, 0.15) is 16.4 Å². The Morgan fingerprint density at radius 3 is 2.57 bits per heavy atom. The summed E-state index contributed by atoms with van der Waals surface area (Å²) in [6.07, 6.45) is 4.62. The number of phenols is 1. The van der Waals surface area contributed by atoms with Gasteiger partial charge in [-0.15, -0.1) is 11.3 Å². The molecule has 0 saturated heterocycles. The van der Waals surface area contributed by atoms with Gasteiger partial charge in [-0.2, -0.15) is 0 Å². The van der Waals surface area contributed by atoms with Gasteiger partial charge in [0.25, 0.3) is 5.91 Å². The highest BCUT2D eigenvalue weighted by Crippen LogP contribution is 2.42. The molecule has 1 aliphatic heterocycles. The molecule has 1 saturated carbocycles. The molecule has 1 aliphatic carbocycles. The van der Waals surface area contributed by atoms with Crippen LogP contribution in [0.2, 0.25) is 5.02 Å². The van der Waals surface area contributed by atoms with E-state index in [1.807, 2.05) is 22.8 Å². The first-order chi connectivity index (χ1) is 16.8. The van der Waals surface area contributed by atoms with Crippen molar-refractivity contribution in [2.24, 2.45) is 0 Å². The third-order valence-corrected chi connectivity index (χ3v) is 8.08. The third kappa shape index (κ3) is 3.64. The van der Waals surface area contributed by atoms with Crippen LogP contribution in [0.25, 0.3) is 27.2 Å². The number of benzene rings is 2.